The van der Waals surface area contributed by atoms with Gasteiger partial charge in [-0.3, -0.25) is 4.79 Å². The highest BCUT2D eigenvalue weighted by Gasteiger charge is 2.24. The van der Waals surface area contributed by atoms with Gasteiger partial charge in [0.15, 0.2) is 23.9 Å². The van der Waals surface area contributed by atoms with E-state index in [0.717, 1.165) is 5.56 Å². The van der Waals surface area contributed by atoms with Gasteiger partial charge >= 0.3 is 0 Å². The highest BCUT2D eigenvalue weighted by molar-refractivity contribution is 6.42. The molecule has 1 aliphatic rings. The zero-order valence-electron chi connectivity index (χ0n) is 7.92. The second-order valence-corrected chi connectivity index (χ2v) is 4.01. The molecule has 1 aromatic rings. The Morgan fingerprint density at radius 2 is 2.27 bits per heavy atom. The number of hydrogen-bond acceptors (Lipinski definition) is 3. The second-order valence-electron chi connectivity index (χ2n) is 3.23. The van der Waals surface area contributed by atoms with Crippen LogP contribution in [0.5, 0.6) is 11.5 Å². The third kappa shape index (κ3) is 1.77. The van der Waals surface area contributed by atoms with Crippen LogP contribution in [0.3, 0.4) is 0 Å². The van der Waals surface area contributed by atoms with Gasteiger partial charge in [-0.2, -0.15) is 0 Å². The first-order valence-electron chi connectivity index (χ1n) is 4.37. The van der Waals surface area contributed by atoms with Crippen molar-refractivity contribution in [3.63, 3.8) is 0 Å². The summed E-state index contributed by atoms with van der Waals surface area (Å²) in [6.07, 6.45) is 0.120. The summed E-state index contributed by atoms with van der Waals surface area (Å²) in [7, 11) is 0. The number of carbonyl (C=O) groups is 1. The molecule has 0 bridgehead atoms. The molecule has 5 heteroatoms. The molecule has 0 radical (unpaired) electrons. The van der Waals surface area contributed by atoms with E-state index in [-0.39, 0.29) is 6.61 Å². The number of benzene rings is 1. The van der Waals surface area contributed by atoms with E-state index in [9.17, 15) is 4.79 Å². The van der Waals surface area contributed by atoms with Crippen molar-refractivity contribution in [2.24, 2.45) is 0 Å². The molecule has 0 fully saturated rings. The first-order valence-corrected chi connectivity index (χ1v) is 5.12. The SMILES string of the molecule is Cc1c(Cl)c(Cl)cc2c1OCC(C=O)O2. The van der Waals surface area contributed by atoms with Crippen molar-refractivity contribution in [3.8, 4) is 11.5 Å². The van der Waals surface area contributed by atoms with Crippen LogP contribution < -0.4 is 9.47 Å². The van der Waals surface area contributed by atoms with Crippen molar-refractivity contribution < 1.29 is 14.3 Å². The van der Waals surface area contributed by atoms with Crippen LogP contribution in [0.15, 0.2) is 6.07 Å². The molecule has 1 heterocycles. The van der Waals surface area contributed by atoms with Crippen LogP contribution >= 0.6 is 23.2 Å². The van der Waals surface area contributed by atoms with Crippen LogP contribution in [-0.4, -0.2) is 19.0 Å². The Kier molecular flexibility index (Phi) is 2.76. The molecule has 1 aliphatic heterocycles. The number of ether oxygens (including phenoxy) is 2. The standard InChI is InChI=1S/C10H8Cl2O3/c1-5-9(12)7(11)2-8-10(5)14-4-6(3-13)15-8/h2-3,6H,4H2,1H3. The maximum Gasteiger partial charge on any atom is 0.187 e. The number of rotatable bonds is 1. The fourth-order valence-corrected chi connectivity index (χ4v) is 1.79. The number of hydrogen-bond donors (Lipinski definition) is 0. The van der Waals surface area contributed by atoms with Crippen molar-refractivity contribution in [2.75, 3.05) is 6.61 Å². The van der Waals surface area contributed by atoms with Gasteiger partial charge in [-0.15, -0.1) is 0 Å². The molecule has 0 saturated heterocycles. The van der Waals surface area contributed by atoms with Crippen molar-refractivity contribution in [1.82, 2.24) is 0 Å². The molecular formula is C10H8Cl2O3. The predicted octanol–water partition coefficient (Wildman–Crippen LogP) is 2.64. The summed E-state index contributed by atoms with van der Waals surface area (Å²) in [5, 5.41) is 0.839. The van der Waals surface area contributed by atoms with Crippen molar-refractivity contribution in [2.45, 2.75) is 13.0 Å². The van der Waals surface area contributed by atoms with Gasteiger partial charge in [-0.1, -0.05) is 23.2 Å². The fraction of sp³-hybridized carbons (Fsp3) is 0.300. The van der Waals surface area contributed by atoms with Crippen molar-refractivity contribution in [3.05, 3.63) is 21.7 Å². The minimum Gasteiger partial charge on any atom is -0.485 e. The highest BCUT2D eigenvalue weighted by atomic mass is 35.5. The molecule has 0 amide bonds. The molecule has 15 heavy (non-hydrogen) atoms. The maximum atomic E-state index is 10.5. The minimum absolute atomic E-state index is 0.204. The molecule has 1 atom stereocenters. The Bertz CT molecular complexity index is 418. The molecule has 0 aromatic heterocycles. The van der Waals surface area contributed by atoms with Gasteiger partial charge in [0.2, 0.25) is 0 Å². The molecule has 1 aromatic carbocycles. The Morgan fingerprint density at radius 3 is 2.93 bits per heavy atom. The van der Waals surface area contributed by atoms with E-state index in [1.807, 2.05) is 0 Å². The van der Waals surface area contributed by atoms with Gasteiger partial charge in [0.25, 0.3) is 0 Å². The molecule has 0 saturated carbocycles. The highest BCUT2D eigenvalue weighted by Crippen LogP contribution is 2.42. The van der Waals surface area contributed by atoms with Crippen LogP contribution in [0, 0.1) is 6.92 Å². The summed E-state index contributed by atoms with van der Waals surface area (Å²) >= 11 is 11.8. The third-order valence-corrected chi connectivity index (χ3v) is 3.07. The first kappa shape index (κ1) is 10.6. The van der Waals surface area contributed by atoms with Gasteiger partial charge < -0.3 is 9.47 Å². The smallest absolute Gasteiger partial charge is 0.187 e. The summed E-state index contributed by atoms with van der Waals surface area (Å²) < 4.78 is 10.8. The van der Waals surface area contributed by atoms with Gasteiger partial charge in [0.05, 0.1) is 10.0 Å². The topological polar surface area (TPSA) is 35.5 Å². The summed E-state index contributed by atoms with van der Waals surface area (Å²) in [5.74, 6) is 1.02. The van der Waals surface area contributed by atoms with Crippen LogP contribution in [0.1, 0.15) is 5.56 Å². The van der Waals surface area contributed by atoms with Crippen LogP contribution in [-0.2, 0) is 4.79 Å². The van der Waals surface area contributed by atoms with Gasteiger partial charge in [-0.25, -0.2) is 0 Å². The molecule has 0 spiro atoms. The number of fused-ring (bicyclic) bond motifs is 1. The lowest BCUT2D eigenvalue weighted by Crippen LogP contribution is -2.30. The van der Waals surface area contributed by atoms with Crippen LogP contribution in [0.2, 0.25) is 10.0 Å². The van der Waals surface area contributed by atoms with Gasteiger partial charge in [0, 0.05) is 11.6 Å². The molecule has 2 rings (SSSR count). The molecule has 3 nitrogen and oxygen atoms in total. The lowest BCUT2D eigenvalue weighted by molar-refractivity contribution is -0.115. The Hall–Kier alpha value is -0.930. The van der Waals surface area contributed by atoms with E-state index in [1.165, 1.54) is 0 Å². The van der Waals surface area contributed by atoms with Crippen LogP contribution in [0.25, 0.3) is 0 Å². The van der Waals surface area contributed by atoms with E-state index >= 15 is 0 Å². The Balaban J connectivity index is 2.48. The molecule has 0 N–H and O–H groups in total. The monoisotopic (exact) mass is 246 g/mol. The number of halogens is 2. The quantitative estimate of drug-likeness (QED) is 0.715. The largest absolute Gasteiger partial charge is 0.485 e. The normalized spacial score (nSPS) is 18.7. The molecule has 1 unspecified atom stereocenters. The zero-order chi connectivity index (χ0) is 11.0. The van der Waals surface area contributed by atoms with E-state index in [2.05, 4.69) is 0 Å². The van der Waals surface area contributed by atoms with Gasteiger partial charge in [0.1, 0.15) is 6.61 Å². The van der Waals surface area contributed by atoms with Crippen molar-refractivity contribution >= 4 is 29.5 Å². The second kappa shape index (κ2) is 3.91. The lowest BCUT2D eigenvalue weighted by Gasteiger charge is -2.25. The van der Waals surface area contributed by atoms with Crippen molar-refractivity contribution in [1.29, 1.82) is 0 Å². The zero-order valence-corrected chi connectivity index (χ0v) is 9.43. The maximum absolute atomic E-state index is 10.5. The molecule has 0 aliphatic carbocycles. The van der Waals surface area contributed by atoms with E-state index in [0.29, 0.717) is 27.8 Å². The summed E-state index contributed by atoms with van der Waals surface area (Å²) in [6, 6.07) is 1.56. The average molecular weight is 247 g/mol. The third-order valence-electron chi connectivity index (χ3n) is 2.18. The number of aldehydes is 1. The Labute approximate surface area is 96.9 Å². The fourth-order valence-electron chi connectivity index (χ4n) is 1.40. The minimum atomic E-state index is -0.575. The van der Waals surface area contributed by atoms with Gasteiger partial charge in [-0.05, 0) is 6.92 Å². The molecule has 80 valence electrons. The summed E-state index contributed by atoms with van der Waals surface area (Å²) in [5.41, 5.74) is 0.725. The average Bonchev–Trinajstić information content (AvgIpc) is 2.25. The van der Waals surface area contributed by atoms with E-state index < -0.39 is 6.10 Å². The van der Waals surface area contributed by atoms with E-state index in [1.54, 1.807) is 13.0 Å². The molecular weight excluding hydrogens is 239 g/mol. The first-order chi connectivity index (χ1) is 7.13. The summed E-state index contributed by atoms with van der Waals surface area (Å²) in [4.78, 5) is 10.5. The number of carbonyl (C=O) groups excluding carboxylic acids is 1. The Morgan fingerprint density at radius 1 is 1.53 bits per heavy atom. The predicted molar refractivity (Wildman–Crippen MR) is 57.2 cm³/mol. The van der Waals surface area contributed by atoms with Crippen LogP contribution in [0.4, 0.5) is 0 Å². The summed E-state index contributed by atoms with van der Waals surface area (Å²) in [6.45, 7) is 1.99. The lowest BCUT2D eigenvalue weighted by atomic mass is 10.2. The van der Waals surface area contributed by atoms with E-state index in [4.69, 9.17) is 32.7 Å².